The average Bonchev–Trinajstić information content (AvgIpc) is 2.90. The fourth-order valence-corrected chi connectivity index (χ4v) is 3.83. The zero-order valence-corrected chi connectivity index (χ0v) is 15.2. The van der Waals surface area contributed by atoms with Crippen LogP contribution in [0.5, 0.6) is 5.75 Å². The average molecular weight is 389 g/mol. The molecule has 0 saturated heterocycles. The first-order chi connectivity index (χ1) is 12.7. The molecule has 1 aliphatic heterocycles. The van der Waals surface area contributed by atoms with Crippen LogP contribution < -0.4 is 20.5 Å². The fourth-order valence-electron chi connectivity index (χ4n) is 2.77. The Morgan fingerprint density at radius 2 is 1.93 bits per heavy atom. The molecule has 0 saturated carbocycles. The van der Waals surface area contributed by atoms with Crippen LogP contribution in [0.2, 0.25) is 0 Å². The Labute approximate surface area is 153 Å². The summed E-state index contributed by atoms with van der Waals surface area (Å²) in [5.41, 5.74) is 1.29. The standard InChI is InChI=1S/C17H15N3O6S/c1-9-16(21)18-12-7-10(3-6-14(12)25-9)19-27(23,24)11-4-5-13-15(8-11)26-17(22)20(13)2/h3-9,19H,1-2H3,(H,18,21). The van der Waals surface area contributed by atoms with Crippen LogP contribution in [0.1, 0.15) is 6.92 Å². The van der Waals surface area contributed by atoms with Gasteiger partial charge in [0, 0.05) is 13.1 Å². The van der Waals surface area contributed by atoms with Crippen LogP contribution in [0, 0.1) is 0 Å². The molecule has 1 aliphatic rings. The number of benzene rings is 2. The number of sulfonamides is 1. The van der Waals surface area contributed by atoms with E-state index in [1.165, 1.54) is 41.9 Å². The van der Waals surface area contributed by atoms with E-state index in [1.807, 2.05) is 0 Å². The monoisotopic (exact) mass is 389 g/mol. The maximum atomic E-state index is 12.7. The number of amides is 1. The van der Waals surface area contributed by atoms with Gasteiger partial charge in [-0.1, -0.05) is 0 Å². The molecule has 1 unspecified atom stereocenters. The van der Waals surface area contributed by atoms with Gasteiger partial charge in [0.15, 0.2) is 11.7 Å². The van der Waals surface area contributed by atoms with Gasteiger partial charge in [-0.25, -0.2) is 13.2 Å². The lowest BCUT2D eigenvalue weighted by atomic mass is 10.2. The first kappa shape index (κ1) is 17.2. The Kier molecular flexibility index (Phi) is 3.74. The maximum Gasteiger partial charge on any atom is 0.419 e. The third-order valence-electron chi connectivity index (χ3n) is 4.24. The summed E-state index contributed by atoms with van der Waals surface area (Å²) in [5.74, 6) is -0.434. The topological polar surface area (TPSA) is 120 Å². The molecule has 2 N–H and O–H groups in total. The molecule has 0 radical (unpaired) electrons. The van der Waals surface area contributed by atoms with Crippen LogP contribution in [-0.2, 0) is 21.9 Å². The first-order valence-corrected chi connectivity index (χ1v) is 9.47. The third kappa shape index (κ3) is 2.93. The minimum Gasteiger partial charge on any atom is -0.479 e. The van der Waals surface area contributed by atoms with Crippen LogP contribution in [0.25, 0.3) is 11.1 Å². The normalized spacial score (nSPS) is 16.5. The number of aromatic nitrogens is 1. The van der Waals surface area contributed by atoms with E-state index in [2.05, 4.69) is 10.0 Å². The van der Waals surface area contributed by atoms with Crippen molar-refractivity contribution in [3.8, 4) is 5.75 Å². The van der Waals surface area contributed by atoms with Gasteiger partial charge in [0.2, 0.25) is 0 Å². The Morgan fingerprint density at radius 3 is 2.70 bits per heavy atom. The lowest BCUT2D eigenvalue weighted by molar-refractivity contribution is -0.122. The van der Waals surface area contributed by atoms with E-state index in [9.17, 15) is 18.0 Å². The van der Waals surface area contributed by atoms with E-state index in [4.69, 9.17) is 9.15 Å². The molecule has 0 aliphatic carbocycles. The van der Waals surface area contributed by atoms with Crippen molar-refractivity contribution in [2.75, 3.05) is 10.0 Å². The highest BCUT2D eigenvalue weighted by Gasteiger charge is 2.24. The summed E-state index contributed by atoms with van der Waals surface area (Å²) in [7, 11) is -2.40. The largest absolute Gasteiger partial charge is 0.479 e. The van der Waals surface area contributed by atoms with Crippen LogP contribution >= 0.6 is 0 Å². The Bertz CT molecular complexity index is 1240. The molecule has 0 spiro atoms. The van der Waals surface area contributed by atoms with Crippen LogP contribution in [0.15, 0.2) is 50.5 Å². The summed E-state index contributed by atoms with van der Waals surface area (Å²) >= 11 is 0. The molecule has 140 valence electrons. The van der Waals surface area contributed by atoms with Gasteiger partial charge < -0.3 is 14.5 Å². The molecule has 10 heteroatoms. The molecule has 27 heavy (non-hydrogen) atoms. The van der Waals surface area contributed by atoms with Crippen molar-refractivity contribution in [3.63, 3.8) is 0 Å². The van der Waals surface area contributed by atoms with Gasteiger partial charge in [-0.3, -0.25) is 14.1 Å². The maximum absolute atomic E-state index is 12.7. The summed E-state index contributed by atoms with van der Waals surface area (Å²) < 4.78 is 39.5. The lowest BCUT2D eigenvalue weighted by Crippen LogP contribution is -2.34. The highest BCUT2D eigenvalue weighted by atomic mass is 32.2. The molecule has 9 nitrogen and oxygen atoms in total. The highest BCUT2D eigenvalue weighted by molar-refractivity contribution is 7.92. The highest BCUT2D eigenvalue weighted by Crippen LogP contribution is 2.33. The molecule has 1 aromatic heterocycles. The van der Waals surface area contributed by atoms with Gasteiger partial charge in [-0.2, -0.15) is 0 Å². The Morgan fingerprint density at radius 1 is 1.15 bits per heavy atom. The number of oxazole rings is 1. The number of nitrogens with one attached hydrogen (secondary N) is 2. The van der Waals surface area contributed by atoms with Gasteiger partial charge in [-0.05, 0) is 37.3 Å². The van der Waals surface area contributed by atoms with Gasteiger partial charge >= 0.3 is 5.76 Å². The molecule has 2 aromatic carbocycles. The van der Waals surface area contributed by atoms with E-state index in [-0.39, 0.29) is 22.1 Å². The molecule has 3 aromatic rings. The number of anilines is 2. The zero-order valence-electron chi connectivity index (χ0n) is 14.3. The Balaban J connectivity index is 1.67. The number of rotatable bonds is 3. The van der Waals surface area contributed by atoms with Crippen LogP contribution in [0.4, 0.5) is 11.4 Å². The van der Waals surface area contributed by atoms with E-state index in [1.54, 1.807) is 13.0 Å². The molecule has 0 fully saturated rings. The molecular weight excluding hydrogens is 374 g/mol. The Hall–Kier alpha value is -3.27. The van der Waals surface area contributed by atoms with Crippen molar-refractivity contribution in [2.24, 2.45) is 7.05 Å². The number of carbonyl (C=O) groups excluding carboxylic acids is 1. The van der Waals surface area contributed by atoms with Crippen molar-refractivity contribution in [1.82, 2.24) is 4.57 Å². The number of nitrogens with zero attached hydrogens (tertiary/aromatic N) is 1. The van der Waals surface area contributed by atoms with Gasteiger partial charge in [0.25, 0.3) is 15.9 Å². The number of ether oxygens (including phenoxy) is 1. The number of carbonyl (C=O) groups is 1. The zero-order chi connectivity index (χ0) is 19.3. The predicted molar refractivity (Wildman–Crippen MR) is 97.4 cm³/mol. The summed E-state index contributed by atoms with van der Waals surface area (Å²) in [6, 6.07) is 8.73. The fraction of sp³-hybridized carbons (Fsp3) is 0.176. The van der Waals surface area contributed by atoms with Gasteiger partial charge in [0.05, 0.1) is 21.8 Å². The quantitative estimate of drug-likeness (QED) is 0.703. The summed E-state index contributed by atoms with van der Waals surface area (Å²) in [6.07, 6.45) is -0.618. The van der Waals surface area contributed by atoms with E-state index < -0.39 is 21.9 Å². The first-order valence-electron chi connectivity index (χ1n) is 7.98. The molecule has 0 bridgehead atoms. The summed E-state index contributed by atoms with van der Waals surface area (Å²) in [4.78, 5) is 23.2. The van der Waals surface area contributed by atoms with Crippen LogP contribution in [-0.4, -0.2) is 25.0 Å². The van der Waals surface area contributed by atoms with E-state index in [0.29, 0.717) is 17.0 Å². The van der Waals surface area contributed by atoms with Crippen LogP contribution in [0.3, 0.4) is 0 Å². The predicted octanol–water partition coefficient (Wildman–Crippen LogP) is 1.65. The minimum atomic E-state index is -3.93. The second kappa shape index (κ2) is 5.88. The summed E-state index contributed by atoms with van der Waals surface area (Å²) in [5, 5.41) is 2.66. The molecular formula is C17H15N3O6S. The van der Waals surface area contributed by atoms with Gasteiger partial charge in [-0.15, -0.1) is 0 Å². The van der Waals surface area contributed by atoms with Crippen molar-refractivity contribution in [1.29, 1.82) is 0 Å². The molecule has 1 atom stereocenters. The summed E-state index contributed by atoms with van der Waals surface area (Å²) in [6.45, 7) is 1.62. The minimum absolute atomic E-state index is 0.0593. The third-order valence-corrected chi connectivity index (χ3v) is 5.62. The second-order valence-corrected chi connectivity index (χ2v) is 7.80. The smallest absolute Gasteiger partial charge is 0.419 e. The van der Waals surface area contributed by atoms with E-state index in [0.717, 1.165) is 0 Å². The lowest BCUT2D eigenvalue weighted by Gasteiger charge is -2.23. The van der Waals surface area contributed by atoms with Crippen molar-refractivity contribution in [2.45, 2.75) is 17.9 Å². The van der Waals surface area contributed by atoms with Crippen molar-refractivity contribution in [3.05, 3.63) is 46.9 Å². The van der Waals surface area contributed by atoms with Gasteiger partial charge in [0.1, 0.15) is 5.75 Å². The number of hydrogen-bond acceptors (Lipinski definition) is 6. The van der Waals surface area contributed by atoms with Crippen molar-refractivity contribution < 1.29 is 22.4 Å². The molecule has 4 rings (SSSR count). The molecule has 2 heterocycles. The number of fused-ring (bicyclic) bond motifs is 2. The number of aryl methyl sites for hydroxylation is 1. The molecule has 1 amide bonds. The second-order valence-electron chi connectivity index (χ2n) is 6.12. The van der Waals surface area contributed by atoms with Crippen molar-refractivity contribution >= 4 is 38.4 Å². The SMILES string of the molecule is CC1Oc2ccc(NS(=O)(=O)c3ccc4c(c3)oc(=O)n4C)cc2NC1=O. The number of hydrogen-bond donors (Lipinski definition) is 2. The van der Waals surface area contributed by atoms with E-state index >= 15 is 0 Å².